The van der Waals surface area contributed by atoms with Gasteiger partial charge in [0.2, 0.25) is 0 Å². The molecule has 0 aliphatic heterocycles. The van der Waals surface area contributed by atoms with Crippen LogP contribution in [0.3, 0.4) is 0 Å². The highest BCUT2D eigenvalue weighted by atomic mass is 35.5. The van der Waals surface area contributed by atoms with Gasteiger partial charge in [0.05, 0.1) is 11.7 Å². The first kappa shape index (κ1) is 24.0. The van der Waals surface area contributed by atoms with Crippen molar-refractivity contribution in [1.82, 2.24) is 0 Å². The van der Waals surface area contributed by atoms with Crippen molar-refractivity contribution in [3.8, 4) is 0 Å². The van der Waals surface area contributed by atoms with E-state index < -0.39 is 29.3 Å². The molecular formula is C27H30ClNO3. The van der Waals surface area contributed by atoms with Crippen molar-refractivity contribution < 1.29 is 14.3 Å². The summed E-state index contributed by atoms with van der Waals surface area (Å²) in [4.78, 5) is 13.4. The van der Waals surface area contributed by atoms with Crippen molar-refractivity contribution in [2.75, 3.05) is 0 Å². The van der Waals surface area contributed by atoms with E-state index in [1.54, 1.807) is 13.0 Å². The van der Waals surface area contributed by atoms with Gasteiger partial charge in [0.1, 0.15) is 6.04 Å². The second kappa shape index (κ2) is 9.86. The van der Waals surface area contributed by atoms with Crippen molar-refractivity contribution in [3.63, 3.8) is 0 Å². The smallest absolute Gasteiger partial charge is 0.327 e. The first-order valence-corrected chi connectivity index (χ1v) is 11.1. The van der Waals surface area contributed by atoms with Crippen molar-refractivity contribution in [1.29, 1.82) is 0 Å². The molecule has 0 heterocycles. The Balaban J connectivity index is 2.16. The summed E-state index contributed by atoms with van der Waals surface area (Å²) in [6, 6.07) is 25.5. The highest BCUT2D eigenvalue weighted by Gasteiger charge is 2.43. The molecular weight excluding hydrogens is 422 g/mol. The lowest BCUT2D eigenvalue weighted by Gasteiger charge is -2.37. The van der Waals surface area contributed by atoms with E-state index in [-0.39, 0.29) is 0 Å². The molecule has 0 aromatic heterocycles. The van der Waals surface area contributed by atoms with Crippen LogP contribution in [0, 0.1) is 0 Å². The van der Waals surface area contributed by atoms with E-state index in [0.29, 0.717) is 10.6 Å². The molecule has 3 aromatic carbocycles. The molecule has 0 bridgehead atoms. The van der Waals surface area contributed by atoms with E-state index in [9.17, 15) is 4.79 Å². The van der Waals surface area contributed by atoms with Gasteiger partial charge in [-0.05, 0) is 33.8 Å². The maximum absolute atomic E-state index is 13.4. The third-order valence-corrected chi connectivity index (χ3v) is 5.51. The van der Waals surface area contributed by atoms with Crippen LogP contribution >= 0.6 is 11.6 Å². The van der Waals surface area contributed by atoms with Crippen LogP contribution in [0.2, 0.25) is 5.02 Å². The van der Waals surface area contributed by atoms with Crippen molar-refractivity contribution >= 4 is 17.6 Å². The van der Waals surface area contributed by atoms with E-state index in [1.807, 2.05) is 99.6 Å². The zero-order valence-corrected chi connectivity index (χ0v) is 19.7. The molecule has 168 valence electrons. The van der Waals surface area contributed by atoms with Gasteiger partial charge in [0, 0.05) is 21.7 Å². The van der Waals surface area contributed by atoms with Gasteiger partial charge in [-0.25, -0.2) is 0 Å². The van der Waals surface area contributed by atoms with Crippen LogP contribution in [-0.4, -0.2) is 23.7 Å². The molecule has 5 heteroatoms. The van der Waals surface area contributed by atoms with E-state index in [4.69, 9.17) is 26.8 Å². The van der Waals surface area contributed by atoms with E-state index in [2.05, 4.69) is 0 Å². The number of halogens is 1. The van der Waals surface area contributed by atoms with Crippen molar-refractivity contribution in [2.24, 2.45) is 5.73 Å². The predicted molar refractivity (Wildman–Crippen MR) is 129 cm³/mol. The number of esters is 1. The van der Waals surface area contributed by atoms with Crippen molar-refractivity contribution in [2.45, 2.75) is 51.0 Å². The Labute approximate surface area is 195 Å². The number of carbonyl (C=O) groups excluding carboxylic acids is 1. The molecule has 0 aliphatic carbocycles. The molecule has 0 saturated carbocycles. The average Bonchev–Trinajstić information content (AvgIpc) is 2.77. The molecule has 32 heavy (non-hydrogen) atoms. The van der Waals surface area contributed by atoms with Gasteiger partial charge in [-0.2, -0.15) is 0 Å². The number of ether oxygens (including phenoxy) is 2. The Morgan fingerprint density at radius 3 is 1.78 bits per heavy atom. The van der Waals surface area contributed by atoms with Crippen LogP contribution in [0.4, 0.5) is 0 Å². The van der Waals surface area contributed by atoms with Crippen LogP contribution in [0.15, 0.2) is 84.9 Å². The highest BCUT2D eigenvalue weighted by Crippen LogP contribution is 2.43. The molecule has 2 atom stereocenters. The molecule has 0 amide bonds. The quantitative estimate of drug-likeness (QED) is 0.369. The molecule has 3 rings (SSSR count). The van der Waals surface area contributed by atoms with E-state index in [0.717, 1.165) is 11.1 Å². The summed E-state index contributed by atoms with van der Waals surface area (Å²) in [5.41, 5.74) is 6.78. The topological polar surface area (TPSA) is 61.5 Å². The maximum atomic E-state index is 13.4. The first-order valence-electron chi connectivity index (χ1n) is 10.7. The van der Waals surface area contributed by atoms with E-state index >= 15 is 0 Å². The maximum Gasteiger partial charge on any atom is 0.327 e. The minimum absolute atomic E-state index is 0.448. The molecule has 3 aromatic rings. The molecule has 4 nitrogen and oxygen atoms in total. The van der Waals surface area contributed by atoms with Crippen LogP contribution in [0.1, 0.15) is 44.4 Å². The SMILES string of the molecule is C[C@@H](OC(C)(C)C)[C@H](N)C(=O)OC(c1ccccc1)(c1ccccc1)c1ccccc1Cl. The highest BCUT2D eigenvalue weighted by molar-refractivity contribution is 6.31. The minimum atomic E-state index is -1.28. The van der Waals surface area contributed by atoms with Gasteiger partial charge >= 0.3 is 5.97 Å². The number of nitrogens with two attached hydrogens (primary N) is 1. The van der Waals surface area contributed by atoms with Gasteiger partial charge < -0.3 is 15.2 Å². The molecule has 0 radical (unpaired) electrons. The Kier molecular flexibility index (Phi) is 7.40. The molecule has 2 N–H and O–H groups in total. The van der Waals surface area contributed by atoms with Gasteiger partial charge in [0.15, 0.2) is 5.60 Å². The van der Waals surface area contributed by atoms with Crippen LogP contribution in [0.25, 0.3) is 0 Å². The predicted octanol–water partition coefficient (Wildman–Crippen LogP) is 5.71. The normalized spacial score (nSPS) is 13.9. The van der Waals surface area contributed by atoms with Gasteiger partial charge in [-0.1, -0.05) is 90.5 Å². The van der Waals surface area contributed by atoms with E-state index in [1.165, 1.54) is 0 Å². The lowest BCUT2D eigenvalue weighted by molar-refractivity contribution is -0.161. The van der Waals surface area contributed by atoms with Crippen molar-refractivity contribution in [3.05, 3.63) is 107 Å². The Bertz CT molecular complexity index is 992. The summed E-state index contributed by atoms with van der Waals surface area (Å²) in [5, 5.41) is 0.487. The zero-order chi connectivity index (χ0) is 23.4. The number of benzene rings is 3. The van der Waals surface area contributed by atoms with Gasteiger partial charge in [-0.3, -0.25) is 4.79 Å². The molecule has 0 spiro atoms. The lowest BCUT2D eigenvalue weighted by atomic mass is 9.80. The summed E-state index contributed by atoms with van der Waals surface area (Å²) in [7, 11) is 0. The van der Waals surface area contributed by atoms with Gasteiger partial charge in [0.25, 0.3) is 0 Å². The molecule has 0 saturated heterocycles. The fourth-order valence-corrected chi connectivity index (χ4v) is 4.05. The Hall–Kier alpha value is -2.66. The van der Waals surface area contributed by atoms with Crippen LogP contribution in [0.5, 0.6) is 0 Å². The zero-order valence-electron chi connectivity index (χ0n) is 18.9. The standard InChI is InChI=1S/C27H30ClNO3/c1-19(31-26(2,3)4)24(29)25(30)32-27(20-13-7-5-8-14-20,21-15-9-6-10-16-21)22-17-11-12-18-23(22)28/h5-19,24H,29H2,1-4H3/t19-,24+/m1/s1. The summed E-state index contributed by atoms with van der Waals surface area (Å²) in [6.45, 7) is 7.54. The monoisotopic (exact) mass is 451 g/mol. The number of hydrogen-bond acceptors (Lipinski definition) is 4. The molecule has 0 unspecified atom stereocenters. The number of carbonyl (C=O) groups is 1. The summed E-state index contributed by atoms with van der Waals surface area (Å²) in [6.07, 6.45) is -0.544. The second-order valence-electron chi connectivity index (χ2n) is 8.78. The number of rotatable bonds is 7. The summed E-state index contributed by atoms with van der Waals surface area (Å²) in [5.74, 6) is -0.575. The minimum Gasteiger partial charge on any atom is -0.443 e. The Morgan fingerprint density at radius 2 is 1.31 bits per heavy atom. The third-order valence-electron chi connectivity index (χ3n) is 5.18. The first-order chi connectivity index (χ1) is 15.1. The fraction of sp³-hybridized carbons (Fsp3) is 0.296. The molecule has 0 aliphatic rings. The average molecular weight is 452 g/mol. The lowest BCUT2D eigenvalue weighted by Crippen LogP contribution is -2.49. The Morgan fingerprint density at radius 1 is 0.844 bits per heavy atom. The van der Waals surface area contributed by atoms with Crippen LogP contribution in [-0.2, 0) is 19.9 Å². The largest absolute Gasteiger partial charge is 0.443 e. The van der Waals surface area contributed by atoms with Crippen LogP contribution < -0.4 is 5.73 Å². The molecule has 0 fully saturated rings. The third kappa shape index (κ3) is 5.21. The second-order valence-corrected chi connectivity index (χ2v) is 9.18. The fourth-order valence-electron chi connectivity index (χ4n) is 3.78. The number of hydrogen-bond donors (Lipinski definition) is 1. The van der Waals surface area contributed by atoms with Gasteiger partial charge in [-0.15, -0.1) is 0 Å². The summed E-state index contributed by atoms with van der Waals surface area (Å²) < 4.78 is 12.3. The summed E-state index contributed by atoms with van der Waals surface area (Å²) >= 11 is 6.67.